The summed E-state index contributed by atoms with van der Waals surface area (Å²) in [6.07, 6.45) is -1.28. The average Bonchev–Trinajstić information content (AvgIpc) is 2.16. The Kier molecular flexibility index (Phi) is 4.14. The summed E-state index contributed by atoms with van der Waals surface area (Å²) in [5.41, 5.74) is 5.63. The average molecular weight is 314 g/mol. The summed E-state index contributed by atoms with van der Waals surface area (Å²) in [5.74, 6) is 0. The standard InChI is InChI=1S/C8H9F2IN2O/c9-8(10)7-4(3-14)6(1-12)13-2-5(7)11/h2,8,14H,1,3,12H2. The topological polar surface area (TPSA) is 59.1 Å². The molecular weight excluding hydrogens is 305 g/mol. The number of rotatable bonds is 3. The van der Waals surface area contributed by atoms with Gasteiger partial charge in [-0.25, -0.2) is 8.78 Å². The van der Waals surface area contributed by atoms with Crippen LogP contribution in [-0.2, 0) is 13.2 Å². The van der Waals surface area contributed by atoms with E-state index in [9.17, 15) is 8.78 Å². The van der Waals surface area contributed by atoms with Gasteiger partial charge in [-0.1, -0.05) is 0 Å². The molecule has 0 radical (unpaired) electrons. The monoisotopic (exact) mass is 314 g/mol. The normalized spacial score (nSPS) is 11.0. The lowest BCUT2D eigenvalue weighted by molar-refractivity contribution is 0.145. The largest absolute Gasteiger partial charge is 0.392 e. The summed E-state index contributed by atoms with van der Waals surface area (Å²) < 4.78 is 25.6. The number of hydrogen-bond donors (Lipinski definition) is 2. The zero-order valence-electron chi connectivity index (χ0n) is 7.17. The highest BCUT2D eigenvalue weighted by molar-refractivity contribution is 14.1. The number of nitrogens with two attached hydrogens (primary N) is 1. The lowest BCUT2D eigenvalue weighted by Crippen LogP contribution is -2.09. The smallest absolute Gasteiger partial charge is 0.265 e. The molecule has 0 saturated carbocycles. The summed E-state index contributed by atoms with van der Waals surface area (Å²) >= 11 is 1.76. The number of pyridine rings is 1. The Labute approximate surface area is 93.5 Å². The number of aliphatic hydroxyl groups excluding tert-OH is 1. The van der Waals surface area contributed by atoms with E-state index in [0.29, 0.717) is 9.26 Å². The van der Waals surface area contributed by atoms with E-state index >= 15 is 0 Å². The van der Waals surface area contributed by atoms with Crippen LogP contribution in [0.15, 0.2) is 6.20 Å². The molecule has 6 heteroatoms. The van der Waals surface area contributed by atoms with Crippen LogP contribution in [0.3, 0.4) is 0 Å². The molecule has 0 unspecified atom stereocenters. The zero-order valence-corrected chi connectivity index (χ0v) is 9.33. The molecule has 3 N–H and O–H groups in total. The van der Waals surface area contributed by atoms with Crippen LogP contribution in [0.5, 0.6) is 0 Å². The number of aromatic nitrogens is 1. The predicted octanol–water partition coefficient (Wildman–Crippen LogP) is 1.57. The highest BCUT2D eigenvalue weighted by Crippen LogP contribution is 2.29. The molecule has 0 amide bonds. The molecule has 0 aliphatic carbocycles. The van der Waals surface area contributed by atoms with Gasteiger partial charge in [-0.15, -0.1) is 0 Å². The highest BCUT2D eigenvalue weighted by Gasteiger charge is 2.19. The third kappa shape index (κ3) is 2.18. The van der Waals surface area contributed by atoms with Gasteiger partial charge in [-0.2, -0.15) is 0 Å². The molecule has 1 heterocycles. The van der Waals surface area contributed by atoms with Gasteiger partial charge in [0.1, 0.15) is 0 Å². The van der Waals surface area contributed by atoms with Crippen molar-refractivity contribution in [1.29, 1.82) is 0 Å². The van der Waals surface area contributed by atoms with Gasteiger partial charge in [0.25, 0.3) is 6.43 Å². The van der Waals surface area contributed by atoms with E-state index in [4.69, 9.17) is 10.8 Å². The van der Waals surface area contributed by atoms with Crippen molar-refractivity contribution in [2.45, 2.75) is 19.6 Å². The van der Waals surface area contributed by atoms with Crippen molar-refractivity contribution in [2.24, 2.45) is 5.73 Å². The van der Waals surface area contributed by atoms with Crippen molar-refractivity contribution in [2.75, 3.05) is 0 Å². The molecule has 1 aromatic heterocycles. The fraction of sp³-hybridized carbons (Fsp3) is 0.375. The van der Waals surface area contributed by atoms with Gasteiger partial charge in [0.05, 0.1) is 12.3 Å². The Morgan fingerprint density at radius 1 is 1.57 bits per heavy atom. The van der Waals surface area contributed by atoms with E-state index in [-0.39, 0.29) is 17.7 Å². The SMILES string of the molecule is NCc1ncc(I)c(C(F)F)c1CO. The summed E-state index contributed by atoms with van der Waals surface area (Å²) in [6, 6.07) is 0. The predicted molar refractivity (Wildman–Crippen MR) is 55.7 cm³/mol. The van der Waals surface area contributed by atoms with Crippen molar-refractivity contribution >= 4 is 22.6 Å². The Hall–Kier alpha value is -0.340. The molecule has 3 nitrogen and oxygen atoms in total. The van der Waals surface area contributed by atoms with Gasteiger partial charge in [0.2, 0.25) is 0 Å². The molecule has 14 heavy (non-hydrogen) atoms. The Morgan fingerprint density at radius 2 is 2.21 bits per heavy atom. The van der Waals surface area contributed by atoms with Crippen molar-refractivity contribution < 1.29 is 13.9 Å². The number of nitrogens with zero attached hydrogens (tertiary/aromatic N) is 1. The van der Waals surface area contributed by atoms with Crippen LogP contribution >= 0.6 is 22.6 Å². The van der Waals surface area contributed by atoms with Crippen LogP contribution in [0.1, 0.15) is 23.2 Å². The highest BCUT2D eigenvalue weighted by atomic mass is 127. The fourth-order valence-corrected chi connectivity index (χ4v) is 1.87. The molecule has 0 saturated heterocycles. The van der Waals surface area contributed by atoms with E-state index in [0.717, 1.165) is 0 Å². The number of hydrogen-bond acceptors (Lipinski definition) is 3. The maximum absolute atomic E-state index is 12.6. The second-order valence-electron chi connectivity index (χ2n) is 2.61. The second kappa shape index (κ2) is 4.94. The molecule has 0 aliphatic heterocycles. The number of halogens is 3. The number of alkyl halides is 2. The molecular formula is C8H9F2IN2O. The molecule has 0 fully saturated rings. The fourth-order valence-electron chi connectivity index (χ4n) is 1.17. The Bertz CT molecular complexity index is 333. The molecule has 78 valence electrons. The summed E-state index contributed by atoms with van der Waals surface area (Å²) in [4.78, 5) is 3.88. The lowest BCUT2D eigenvalue weighted by Gasteiger charge is -2.12. The van der Waals surface area contributed by atoms with Gasteiger partial charge in [-0.3, -0.25) is 4.98 Å². The summed E-state index contributed by atoms with van der Waals surface area (Å²) in [7, 11) is 0. The molecule has 0 spiro atoms. The van der Waals surface area contributed by atoms with Crippen LogP contribution < -0.4 is 5.73 Å². The van der Waals surface area contributed by atoms with E-state index in [2.05, 4.69) is 4.98 Å². The maximum Gasteiger partial charge on any atom is 0.265 e. The van der Waals surface area contributed by atoms with E-state index in [1.165, 1.54) is 6.20 Å². The van der Waals surface area contributed by atoms with Gasteiger partial charge in [0.15, 0.2) is 0 Å². The molecule has 0 bridgehead atoms. The van der Waals surface area contributed by atoms with Gasteiger partial charge in [0, 0.05) is 27.4 Å². The van der Waals surface area contributed by atoms with Crippen molar-refractivity contribution in [3.05, 3.63) is 26.6 Å². The first-order chi connectivity index (χ1) is 6.61. The number of aliphatic hydroxyl groups is 1. The van der Waals surface area contributed by atoms with Gasteiger partial charge >= 0.3 is 0 Å². The second-order valence-corrected chi connectivity index (χ2v) is 3.77. The van der Waals surface area contributed by atoms with E-state index < -0.39 is 13.0 Å². The van der Waals surface area contributed by atoms with Gasteiger partial charge < -0.3 is 10.8 Å². The Balaban J connectivity index is 3.35. The van der Waals surface area contributed by atoms with Crippen LogP contribution in [-0.4, -0.2) is 10.1 Å². The summed E-state index contributed by atoms with van der Waals surface area (Å²) in [5, 5.41) is 8.97. The van der Waals surface area contributed by atoms with Crippen LogP contribution in [0.2, 0.25) is 0 Å². The first kappa shape index (κ1) is 11.7. The Morgan fingerprint density at radius 3 is 2.64 bits per heavy atom. The zero-order chi connectivity index (χ0) is 10.7. The van der Waals surface area contributed by atoms with Gasteiger partial charge in [-0.05, 0) is 22.6 Å². The van der Waals surface area contributed by atoms with Crippen LogP contribution in [0.25, 0.3) is 0 Å². The first-order valence-electron chi connectivity index (χ1n) is 3.87. The third-order valence-electron chi connectivity index (χ3n) is 1.83. The molecule has 1 rings (SSSR count). The molecule has 1 aromatic rings. The molecule has 0 aliphatic rings. The summed E-state index contributed by atoms with van der Waals surface area (Å²) in [6.45, 7) is -0.414. The third-order valence-corrected chi connectivity index (χ3v) is 2.69. The minimum Gasteiger partial charge on any atom is -0.392 e. The van der Waals surface area contributed by atoms with E-state index in [1.807, 2.05) is 0 Å². The van der Waals surface area contributed by atoms with Crippen LogP contribution in [0.4, 0.5) is 8.78 Å². The minimum absolute atomic E-state index is 0.0481. The van der Waals surface area contributed by atoms with Crippen LogP contribution in [0, 0.1) is 3.57 Å². The van der Waals surface area contributed by atoms with Crippen molar-refractivity contribution in [1.82, 2.24) is 4.98 Å². The van der Waals surface area contributed by atoms with Crippen molar-refractivity contribution in [3.8, 4) is 0 Å². The maximum atomic E-state index is 12.6. The molecule has 0 atom stereocenters. The minimum atomic E-state index is -2.61. The molecule has 0 aromatic carbocycles. The lowest BCUT2D eigenvalue weighted by atomic mass is 10.1. The quantitative estimate of drug-likeness (QED) is 0.833. The van der Waals surface area contributed by atoms with Crippen molar-refractivity contribution in [3.63, 3.8) is 0 Å². The first-order valence-corrected chi connectivity index (χ1v) is 4.94. The van der Waals surface area contributed by atoms with E-state index in [1.54, 1.807) is 22.6 Å².